The van der Waals surface area contributed by atoms with Crippen molar-refractivity contribution in [3.63, 3.8) is 0 Å². The number of halogens is 2. The number of carbonyl (C=O) groups excluding carboxylic acids is 1. The van der Waals surface area contributed by atoms with Gasteiger partial charge in [0.2, 0.25) is 0 Å². The van der Waals surface area contributed by atoms with Gasteiger partial charge in [-0.25, -0.2) is 8.78 Å². The standard InChI is InChI=1S/C20H18F2N2O2/c1-12-2-4-13(5-3-12)18(25)15-11-20(26,24-9-8-23-19(15)24)14-6-7-16(21)17(22)10-14/h2-7,10,23,26H,8-9,11H2,1H3. The molecule has 0 spiro atoms. The summed E-state index contributed by atoms with van der Waals surface area (Å²) in [4.78, 5) is 14.6. The fraction of sp³-hybridized carbons (Fsp3) is 0.250. The first-order valence-corrected chi connectivity index (χ1v) is 8.44. The molecule has 0 aromatic heterocycles. The highest BCUT2D eigenvalue weighted by molar-refractivity contribution is 6.09. The van der Waals surface area contributed by atoms with Crippen LogP contribution in [-0.2, 0) is 5.72 Å². The van der Waals surface area contributed by atoms with Crippen LogP contribution in [0.5, 0.6) is 0 Å². The number of aliphatic hydroxyl groups is 1. The Morgan fingerprint density at radius 1 is 1.15 bits per heavy atom. The lowest BCUT2D eigenvalue weighted by Crippen LogP contribution is -2.40. The normalized spacial score (nSPS) is 21.8. The number of hydrogen-bond donors (Lipinski definition) is 2. The first-order valence-electron chi connectivity index (χ1n) is 8.44. The Hall–Kier alpha value is -2.73. The van der Waals surface area contributed by atoms with Crippen molar-refractivity contribution >= 4 is 5.78 Å². The Balaban J connectivity index is 1.73. The van der Waals surface area contributed by atoms with Crippen LogP contribution in [0, 0.1) is 18.6 Å². The Morgan fingerprint density at radius 3 is 2.58 bits per heavy atom. The van der Waals surface area contributed by atoms with Crippen molar-refractivity contribution in [2.75, 3.05) is 13.1 Å². The highest BCUT2D eigenvalue weighted by Gasteiger charge is 2.49. The molecular weight excluding hydrogens is 338 g/mol. The highest BCUT2D eigenvalue weighted by atomic mass is 19.2. The molecular formula is C20H18F2N2O2. The molecule has 2 aromatic carbocycles. The molecule has 1 saturated heterocycles. The molecule has 4 rings (SSSR count). The van der Waals surface area contributed by atoms with Gasteiger partial charge < -0.3 is 15.3 Å². The summed E-state index contributed by atoms with van der Waals surface area (Å²) in [5.41, 5.74) is 0.664. The van der Waals surface area contributed by atoms with Crippen LogP contribution in [0.4, 0.5) is 8.78 Å². The molecule has 2 aliphatic heterocycles. The van der Waals surface area contributed by atoms with E-state index in [0.29, 0.717) is 30.0 Å². The zero-order chi connectivity index (χ0) is 18.5. The number of Topliss-reactive ketones (excluding diaryl/α,β-unsaturated/α-hetero) is 1. The van der Waals surface area contributed by atoms with E-state index in [9.17, 15) is 18.7 Å². The number of fused-ring (bicyclic) bond motifs is 1. The van der Waals surface area contributed by atoms with Gasteiger partial charge in [-0.05, 0) is 19.1 Å². The Labute approximate surface area is 149 Å². The van der Waals surface area contributed by atoms with Gasteiger partial charge in [0.1, 0.15) is 5.82 Å². The van der Waals surface area contributed by atoms with Crippen LogP contribution in [0.3, 0.4) is 0 Å². The maximum Gasteiger partial charge on any atom is 0.192 e. The smallest absolute Gasteiger partial charge is 0.192 e. The van der Waals surface area contributed by atoms with E-state index in [1.165, 1.54) is 6.07 Å². The molecule has 0 radical (unpaired) electrons. The average molecular weight is 356 g/mol. The van der Waals surface area contributed by atoms with E-state index < -0.39 is 17.4 Å². The molecule has 2 heterocycles. The lowest BCUT2D eigenvalue weighted by Gasteiger charge is -2.33. The van der Waals surface area contributed by atoms with Gasteiger partial charge in [-0.1, -0.05) is 35.9 Å². The molecule has 1 unspecified atom stereocenters. The summed E-state index contributed by atoms with van der Waals surface area (Å²) in [5.74, 6) is -1.62. The quantitative estimate of drug-likeness (QED) is 0.831. The van der Waals surface area contributed by atoms with Gasteiger partial charge in [-0.3, -0.25) is 4.79 Å². The lowest BCUT2D eigenvalue weighted by molar-refractivity contribution is -0.0747. The maximum atomic E-state index is 13.7. The maximum absolute atomic E-state index is 13.7. The average Bonchev–Trinajstić information content (AvgIpc) is 3.21. The summed E-state index contributed by atoms with van der Waals surface area (Å²) < 4.78 is 27.0. The van der Waals surface area contributed by atoms with Crippen LogP contribution in [0.1, 0.15) is 27.9 Å². The molecule has 2 aromatic rings. The van der Waals surface area contributed by atoms with Crippen LogP contribution in [-0.4, -0.2) is 28.9 Å². The first-order chi connectivity index (χ1) is 12.4. The molecule has 0 aliphatic carbocycles. The van der Waals surface area contributed by atoms with Gasteiger partial charge in [-0.15, -0.1) is 0 Å². The highest BCUT2D eigenvalue weighted by Crippen LogP contribution is 2.44. The van der Waals surface area contributed by atoms with E-state index in [0.717, 1.165) is 17.7 Å². The van der Waals surface area contributed by atoms with Crippen LogP contribution in [0.2, 0.25) is 0 Å². The van der Waals surface area contributed by atoms with Crippen molar-refractivity contribution in [2.45, 2.75) is 19.1 Å². The number of rotatable bonds is 3. The third kappa shape index (κ3) is 2.49. The fourth-order valence-corrected chi connectivity index (χ4v) is 3.63. The van der Waals surface area contributed by atoms with Gasteiger partial charge >= 0.3 is 0 Å². The number of nitrogens with one attached hydrogen (secondary N) is 1. The van der Waals surface area contributed by atoms with E-state index in [2.05, 4.69) is 5.32 Å². The predicted molar refractivity (Wildman–Crippen MR) is 92.1 cm³/mol. The molecule has 6 heteroatoms. The second-order valence-corrected chi connectivity index (χ2v) is 6.72. The fourth-order valence-electron chi connectivity index (χ4n) is 3.63. The van der Waals surface area contributed by atoms with Crippen molar-refractivity contribution in [3.05, 3.63) is 82.2 Å². The summed E-state index contributed by atoms with van der Waals surface area (Å²) >= 11 is 0. The summed E-state index contributed by atoms with van der Waals surface area (Å²) in [5, 5.41) is 14.4. The first kappa shape index (κ1) is 16.7. The van der Waals surface area contributed by atoms with Gasteiger partial charge in [-0.2, -0.15) is 0 Å². The lowest BCUT2D eigenvalue weighted by atomic mass is 9.93. The van der Waals surface area contributed by atoms with Crippen molar-refractivity contribution < 1.29 is 18.7 Å². The van der Waals surface area contributed by atoms with Crippen LogP contribution in [0.25, 0.3) is 0 Å². The molecule has 1 fully saturated rings. The van der Waals surface area contributed by atoms with Gasteiger partial charge in [0.25, 0.3) is 0 Å². The van der Waals surface area contributed by atoms with E-state index in [1.807, 2.05) is 19.1 Å². The third-order valence-electron chi connectivity index (χ3n) is 5.02. The summed E-state index contributed by atoms with van der Waals surface area (Å²) in [7, 11) is 0. The molecule has 0 amide bonds. The van der Waals surface area contributed by atoms with Crippen molar-refractivity contribution in [1.29, 1.82) is 0 Å². The predicted octanol–water partition coefficient (Wildman–Crippen LogP) is 2.82. The van der Waals surface area contributed by atoms with E-state index in [1.54, 1.807) is 17.0 Å². The minimum atomic E-state index is -1.58. The molecule has 134 valence electrons. The zero-order valence-corrected chi connectivity index (χ0v) is 14.2. The topological polar surface area (TPSA) is 52.6 Å². The molecule has 2 N–H and O–H groups in total. The van der Waals surface area contributed by atoms with Gasteiger partial charge in [0.15, 0.2) is 23.1 Å². The molecule has 0 saturated carbocycles. The number of nitrogens with zero attached hydrogens (tertiary/aromatic N) is 1. The third-order valence-corrected chi connectivity index (χ3v) is 5.02. The molecule has 0 bridgehead atoms. The number of ketones is 1. The summed E-state index contributed by atoms with van der Waals surface area (Å²) in [6.07, 6.45) is 0.00706. The molecule has 26 heavy (non-hydrogen) atoms. The Morgan fingerprint density at radius 2 is 1.88 bits per heavy atom. The van der Waals surface area contributed by atoms with Crippen molar-refractivity contribution in [3.8, 4) is 0 Å². The van der Waals surface area contributed by atoms with Crippen molar-refractivity contribution in [1.82, 2.24) is 10.2 Å². The summed E-state index contributed by atoms with van der Waals surface area (Å²) in [6, 6.07) is 10.5. The Kier molecular flexibility index (Phi) is 3.80. The summed E-state index contributed by atoms with van der Waals surface area (Å²) in [6.45, 7) is 2.97. The van der Waals surface area contributed by atoms with Crippen molar-refractivity contribution in [2.24, 2.45) is 0 Å². The molecule has 2 aliphatic rings. The monoisotopic (exact) mass is 356 g/mol. The minimum Gasteiger partial charge on any atom is -0.370 e. The zero-order valence-electron chi connectivity index (χ0n) is 14.2. The van der Waals surface area contributed by atoms with E-state index in [4.69, 9.17) is 0 Å². The van der Waals surface area contributed by atoms with Crippen LogP contribution < -0.4 is 5.32 Å². The number of hydrogen-bond acceptors (Lipinski definition) is 4. The number of benzene rings is 2. The second kappa shape index (κ2) is 5.92. The molecule has 1 atom stereocenters. The minimum absolute atomic E-state index is 0.00706. The van der Waals surface area contributed by atoms with Crippen LogP contribution in [0.15, 0.2) is 53.9 Å². The number of carbonyl (C=O) groups is 1. The Bertz CT molecular complexity index is 924. The largest absolute Gasteiger partial charge is 0.370 e. The van der Waals surface area contributed by atoms with Gasteiger partial charge in [0, 0.05) is 36.2 Å². The second-order valence-electron chi connectivity index (χ2n) is 6.72. The van der Waals surface area contributed by atoms with Gasteiger partial charge in [0.05, 0.1) is 0 Å². The SMILES string of the molecule is Cc1ccc(C(=O)C2=C3NCCN3C(O)(c3ccc(F)c(F)c3)C2)cc1. The molecule has 4 nitrogen and oxygen atoms in total. The van der Waals surface area contributed by atoms with E-state index in [-0.39, 0.29) is 17.8 Å². The van der Waals surface area contributed by atoms with Crippen LogP contribution >= 0.6 is 0 Å². The number of aryl methyl sites for hydroxylation is 1. The van der Waals surface area contributed by atoms with E-state index >= 15 is 0 Å².